The lowest BCUT2D eigenvalue weighted by molar-refractivity contribution is 0.185. The Morgan fingerprint density at radius 3 is 2.64 bits per heavy atom. The van der Waals surface area contributed by atoms with E-state index >= 15 is 0 Å². The lowest BCUT2D eigenvalue weighted by atomic mass is 10.0. The zero-order chi connectivity index (χ0) is 17.8. The molecule has 1 aromatic carbocycles. The van der Waals surface area contributed by atoms with E-state index in [1.807, 2.05) is 13.1 Å². The second-order valence-corrected chi connectivity index (χ2v) is 7.39. The Morgan fingerprint density at radius 2 is 1.96 bits per heavy atom. The summed E-state index contributed by atoms with van der Waals surface area (Å²) in [4.78, 5) is 11.4. The molecule has 1 N–H and O–H groups in total. The van der Waals surface area contributed by atoms with Crippen LogP contribution in [-0.2, 0) is 6.54 Å². The molecule has 0 aliphatic carbocycles. The Labute approximate surface area is 151 Å². The Bertz CT molecular complexity index is 705. The van der Waals surface area contributed by atoms with Crippen LogP contribution in [0.2, 0.25) is 0 Å². The molecule has 1 saturated heterocycles. The van der Waals surface area contributed by atoms with E-state index in [2.05, 4.69) is 65.2 Å². The zero-order valence-electron chi connectivity index (χ0n) is 15.9. The summed E-state index contributed by atoms with van der Waals surface area (Å²) in [6.45, 7) is 11.8. The van der Waals surface area contributed by atoms with Gasteiger partial charge in [-0.1, -0.05) is 29.8 Å². The van der Waals surface area contributed by atoms with Crippen LogP contribution >= 0.6 is 0 Å². The van der Waals surface area contributed by atoms with Gasteiger partial charge in [0.1, 0.15) is 5.82 Å². The number of nitrogens with one attached hydrogen (secondary N) is 1. The highest BCUT2D eigenvalue weighted by Crippen LogP contribution is 2.20. The van der Waals surface area contributed by atoms with Gasteiger partial charge in [-0.05, 0) is 59.2 Å². The molecule has 1 atom stereocenters. The number of likely N-dealkylation sites (tertiary alicyclic amines) is 1. The molecule has 0 saturated carbocycles. The third kappa shape index (κ3) is 4.86. The number of hydrogen-bond acceptors (Lipinski definition) is 4. The second-order valence-electron chi connectivity index (χ2n) is 7.39. The molecule has 1 aromatic heterocycles. The first-order valence-electron chi connectivity index (χ1n) is 9.35. The van der Waals surface area contributed by atoms with Gasteiger partial charge < -0.3 is 5.32 Å². The third-order valence-electron chi connectivity index (χ3n) is 5.17. The largest absolute Gasteiger partial charge is 0.307 e. The van der Waals surface area contributed by atoms with E-state index in [0.717, 1.165) is 31.2 Å². The van der Waals surface area contributed by atoms with Crippen LogP contribution in [0.1, 0.15) is 54.0 Å². The number of benzene rings is 1. The van der Waals surface area contributed by atoms with Crippen molar-refractivity contribution in [2.75, 3.05) is 13.1 Å². The van der Waals surface area contributed by atoms with E-state index in [9.17, 15) is 0 Å². The molecule has 0 spiro atoms. The first-order valence-corrected chi connectivity index (χ1v) is 9.35. The fourth-order valence-corrected chi connectivity index (χ4v) is 3.79. The summed E-state index contributed by atoms with van der Waals surface area (Å²) in [6.07, 6.45) is 4.37. The molecule has 3 rings (SSSR count). The molecular formula is C21H30N4. The van der Waals surface area contributed by atoms with Crippen molar-refractivity contribution in [2.24, 2.45) is 0 Å². The molecule has 0 radical (unpaired) electrons. The monoisotopic (exact) mass is 338 g/mol. The van der Waals surface area contributed by atoms with Crippen molar-refractivity contribution in [1.29, 1.82) is 0 Å². The van der Waals surface area contributed by atoms with Gasteiger partial charge in [-0.2, -0.15) is 0 Å². The lowest BCUT2D eigenvalue weighted by Crippen LogP contribution is -2.43. The average Bonchev–Trinajstić information content (AvgIpc) is 2.56. The van der Waals surface area contributed by atoms with Gasteiger partial charge in [0.05, 0.1) is 0 Å². The SMILES string of the molecule is Cc1cccc(CN2CCC(N[C@H](C)c3cnc(C)nc3C)CC2)c1. The Hall–Kier alpha value is -1.78. The van der Waals surface area contributed by atoms with Gasteiger partial charge in [0.25, 0.3) is 0 Å². The Balaban J connectivity index is 1.50. The predicted octanol–water partition coefficient (Wildman–Crippen LogP) is 3.72. The lowest BCUT2D eigenvalue weighted by Gasteiger charge is -2.34. The van der Waals surface area contributed by atoms with Crippen molar-refractivity contribution in [3.05, 3.63) is 58.7 Å². The molecular weight excluding hydrogens is 308 g/mol. The van der Waals surface area contributed by atoms with Crippen molar-refractivity contribution in [1.82, 2.24) is 20.2 Å². The summed E-state index contributed by atoms with van der Waals surface area (Å²) in [5, 5.41) is 3.78. The normalized spacial score (nSPS) is 17.6. The second kappa shape index (κ2) is 8.07. The minimum atomic E-state index is 0.300. The van der Waals surface area contributed by atoms with Gasteiger partial charge in [0, 0.05) is 36.1 Å². The van der Waals surface area contributed by atoms with Crippen molar-refractivity contribution in [3.8, 4) is 0 Å². The molecule has 0 unspecified atom stereocenters. The van der Waals surface area contributed by atoms with E-state index < -0.39 is 0 Å². The molecule has 0 amide bonds. The van der Waals surface area contributed by atoms with Crippen LogP contribution in [0.3, 0.4) is 0 Å². The Morgan fingerprint density at radius 1 is 1.20 bits per heavy atom. The molecule has 25 heavy (non-hydrogen) atoms. The van der Waals surface area contributed by atoms with Gasteiger partial charge in [-0.25, -0.2) is 9.97 Å². The molecule has 2 aromatic rings. The summed E-state index contributed by atoms with van der Waals surface area (Å²) < 4.78 is 0. The van der Waals surface area contributed by atoms with Crippen molar-refractivity contribution < 1.29 is 0 Å². The zero-order valence-corrected chi connectivity index (χ0v) is 15.9. The van der Waals surface area contributed by atoms with Gasteiger partial charge in [-0.3, -0.25) is 4.90 Å². The highest BCUT2D eigenvalue weighted by Gasteiger charge is 2.21. The number of hydrogen-bond donors (Lipinski definition) is 1. The fraction of sp³-hybridized carbons (Fsp3) is 0.524. The van der Waals surface area contributed by atoms with Gasteiger partial charge in [0.15, 0.2) is 0 Å². The quantitative estimate of drug-likeness (QED) is 0.902. The fourth-order valence-electron chi connectivity index (χ4n) is 3.79. The molecule has 2 heterocycles. The number of piperidine rings is 1. The molecule has 4 nitrogen and oxygen atoms in total. The van der Waals surface area contributed by atoms with E-state index in [-0.39, 0.29) is 0 Å². The van der Waals surface area contributed by atoms with Gasteiger partial charge in [-0.15, -0.1) is 0 Å². The number of rotatable bonds is 5. The van der Waals surface area contributed by atoms with Crippen LogP contribution in [0, 0.1) is 20.8 Å². The van der Waals surface area contributed by atoms with Crippen molar-refractivity contribution in [2.45, 2.75) is 59.2 Å². The summed E-state index contributed by atoms with van der Waals surface area (Å²) >= 11 is 0. The van der Waals surface area contributed by atoms with Crippen molar-refractivity contribution >= 4 is 0 Å². The summed E-state index contributed by atoms with van der Waals surface area (Å²) in [6, 6.07) is 9.73. The van der Waals surface area contributed by atoms with Crippen LogP contribution in [0.25, 0.3) is 0 Å². The minimum Gasteiger partial charge on any atom is -0.307 e. The van der Waals surface area contributed by atoms with Crippen LogP contribution in [0.4, 0.5) is 0 Å². The van der Waals surface area contributed by atoms with Crippen molar-refractivity contribution in [3.63, 3.8) is 0 Å². The number of aromatic nitrogens is 2. The first kappa shape index (κ1) is 18.0. The van der Waals surface area contributed by atoms with E-state index in [0.29, 0.717) is 12.1 Å². The highest BCUT2D eigenvalue weighted by atomic mass is 15.1. The Kier molecular flexibility index (Phi) is 5.82. The topological polar surface area (TPSA) is 41.0 Å². The van der Waals surface area contributed by atoms with E-state index in [1.165, 1.54) is 29.5 Å². The number of aryl methyl sites for hydroxylation is 3. The summed E-state index contributed by atoms with van der Waals surface area (Å²) in [7, 11) is 0. The standard InChI is InChI=1S/C21H30N4/c1-15-6-5-7-19(12-15)14-25-10-8-20(9-11-25)24-17(3)21-13-22-18(4)23-16(21)2/h5-7,12-13,17,20,24H,8-11,14H2,1-4H3/t17-/m1/s1. The minimum absolute atomic E-state index is 0.300. The molecule has 4 heteroatoms. The molecule has 1 aliphatic heterocycles. The molecule has 134 valence electrons. The first-order chi connectivity index (χ1) is 12.0. The van der Waals surface area contributed by atoms with Crippen LogP contribution in [0.15, 0.2) is 30.5 Å². The maximum Gasteiger partial charge on any atom is 0.125 e. The smallest absolute Gasteiger partial charge is 0.125 e. The summed E-state index contributed by atoms with van der Waals surface area (Å²) in [5.74, 6) is 0.845. The molecule has 1 fully saturated rings. The average molecular weight is 338 g/mol. The van der Waals surface area contributed by atoms with Crippen LogP contribution < -0.4 is 5.32 Å². The predicted molar refractivity (Wildman–Crippen MR) is 103 cm³/mol. The van der Waals surface area contributed by atoms with Gasteiger partial charge in [0.2, 0.25) is 0 Å². The maximum atomic E-state index is 4.49. The van der Waals surface area contributed by atoms with E-state index in [4.69, 9.17) is 0 Å². The molecule has 0 bridgehead atoms. The number of nitrogens with zero attached hydrogens (tertiary/aromatic N) is 3. The van der Waals surface area contributed by atoms with Crippen LogP contribution in [-0.4, -0.2) is 34.0 Å². The highest BCUT2D eigenvalue weighted by molar-refractivity contribution is 5.22. The van der Waals surface area contributed by atoms with Gasteiger partial charge >= 0.3 is 0 Å². The molecule has 1 aliphatic rings. The van der Waals surface area contributed by atoms with E-state index in [1.54, 1.807) is 0 Å². The van der Waals surface area contributed by atoms with Crippen LogP contribution in [0.5, 0.6) is 0 Å². The summed E-state index contributed by atoms with van der Waals surface area (Å²) in [5.41, 5.74) is 5.07. The third-order valence-corrected chi connectivity index (χ3v) is 5.17. The maximum absolute atomic E-state index is 4.49.